The number of nitrogens with zero attached hydrogens (tertiary/aromatic N) is 1. The number of aromatic nitrogens is 1. The van der Waals surface area contributed by atoms with Crippen LogP contribution in [0.5, 0.6) is 0 Å². The molecule has 1 heterocycles. The number of rotatable bonds is 6. The van der Waals surface area contributed by atoms with Crippen molar-refractivity contribution in [2.45, 2.75) is 38.6 Å². The molecule has 2 nitrogen and oxygen atoms in total. The number of hydrogen-bond donors (Lipinski definition) is 1. The maximum atomic E-state index is 4.28. The molecule has 1 atom stereocenters. The first kappa shape index (κ1) is 10.1. The molecule has 0 aliphatic heterocycles. The third kappa shape index (κ3) is 2.79. The van der Waals surface area contributed by atoms with Crippen molar-refractivity contribution in [2.75, 3.05) is 6.54 Å². The van der Waals surface area contributed by atoms with Crippen LogP contribution in [0.25, 0.3) is 0 Å². The van der Waals surface area contributed by atoms with E-state index in [0.717, 1.165) is 24.9 Å². The maximum absolute atomic E-state index is 4.28. The van der Waals surface area contributed by atoms with Gasteiger partial charge in [-0.2, -0.15) is 0 Å². The van der Waals surface area contributed by atoms with Crippen molar-refractivity contribution in [1.82, 2.24) is 10.3 Å². The van der Waals surface area contributed by atoms with Crippen LogP contribution in [0.1, 0.15) is 31.9 Å². The molecule has 1 aromatic rings. The summed E-state index contributed by atoms with van der Waals surface area (Å²) in [7, 11) is 0. The second-order valence-electron chi connectivity index (χ2n) is 4.04. The van der Waals surface area contributed by atoms with Gasteiger partial charge in [0.1, 0.15) is 0 Å². The highest BCUT2D eigenvalue weighted by atomic mass is 32.1. The molecule has 1 unspecified atom stereocenters. The van der Waals surface area contributed by atoms with Gasteiger partial charge in [0.15, 0.2) is 0 Å². The van der Waals surface area contributed by atoms with E-state index in [0.29, 0.717) is 0 Å². The Morgan fingerprint density at radius 2 is 2.50 bits per heavy atom. The van der Waals surface area contributed by atoms with E-state index in [1.165, 1.54) is 25.0 Å². The molecule has 0 spiro atoms. The molecule has 1 aliphatic rings. The topological polar surface area (TPSA) is 24.9 Å². The Labute approximate surface area is 89.8 Å². The second kappa shape index (κ2) is 4.89. The van der Waals surface area contributed by atoms with E-state index in [1.54, 1.807) is 11.3 Å². The van der Waals surface area contributed by atoms with Crippen molar-refractivity contribution < 1.29 is 0 Å². The third-order valence-corrected chi connectivity index (χ3v) is 3.54. The van der Waals surface area contributed by atoms with Crippen molar-refractivity contribution >= 4 is 11.3 Å². The fourth-order valence-electron chi connectivity index (χ4n) is 1.89. The predicted molar refractivity (Wildman–Crippen MR) is 60.6 cm³/mol. The first-order chi connectivity index (χ1) is 6.90. The zero-order valence-electron chi connectivity index (χ0n) is 8.70. The van der Waals surface area contributed by atoms with E-state index < -0.39 is 0 Å². The molecule has 0 radical (unpaired) electrons. The quantitative estimate of drug-likeness (QED) is 0.780. The molecule has 14 heavy (non-hydrogen) atoms. The summed E-state index contributed by atoms with van der Waals surface area (Å²) in [4.78, 5) is 4.28. The van der Waals surface area contributed by atoms with E-state index >= 15 is 0 Å². The van der Waals surface area contributed by atoms with Crippen LogP contribution < -0.4 is 5.32 Å². The summed E-state index contributed by atoms with van der Waals surface area (Å²) in [6.07, 6.45) is 5.21. The molecule has 1 fully saturated rings. The van der Waals surface area contributed by atoms with E-state index in [4.69, 9.17) is 0 Å². The molecule has 0 aromatic carbocycles. The van der Waals surface area contributed by atoms with Gasteiger partial charge < -0.3 is 5.32 Å². The molecule has 3 heteroatoms. The fraction of sp³-hybridized carbons (Fsp3) is 0.727. The molecule has 0 bridgehead atoms. The normalized spacial score (nSPS) is 18.4. The summed E-state index contributed by atoms with van der Waals surface area (Å²) in [6, 6.07) is 0.758. The van der Waals surface area contributed by atoms with Crippen LogP contribution in [0, 0.1) is 5.92 Å². The number of nitrogens with one attached hydrogen (secondary N) is 1. The van der Waals surface area contributed by atoms with Crippen molar-refractivity contribution in [3.8, 4) is 0 Å². The fourth-order valence-corrected chi connectivity index (χ4v) is 2.48. The van der Waals surface area contributed by atoms with Gasteiger partial charge in [0, 0.05) is 24.4 Å². The maximum Gasteiger partial charge on any atom is 0.0794 e. The summed E-state index contributed by atoms with van der Waals surface area (Å²) in [5.41, 5.74) is 3.14. The monoisotopic (exact) mass is 210 g/mol. The first-order valence-electron chi connectivity index (χ1n) is 5.50. The summed E-state index contributed by atoms with van der Waals surface area (Å²) in [5, 5.41) is 5.77. The van der Waals surface area contributed by atoms with Crippen LogP contribution in [0.2, 0.25) is 0 Å². The molecule has 2 rings (SSSR count). The Balaban J connectivity index is 1.66. The zero-order chi connectivity index (χ0) is 9.80. The van der Waals surface area contributed by atoms with Gasteiger partial charge in [0.05, 0.1) is 11.2 Å². The molecule has 0 saturated heterocycles. The lowest BCUT2D eigenvalue weighted by Crippen LogP contribution is -2.32. The van der Waals surface area contributed by atoms with Crippen molar-refractivity contribution in [2.24, 2.45) is 5.92 Å². The standard InChI is InChI=1S/C11H18N2S/c1-2-11(9-3-4-9)12-6-5-10-7-14-8-13-10/h7-9,11-12H,2-6H2,1H3. The number of thiazole rings is 1. The summed E-state index contributed by atoms with van der Waals surface area (Å²) >= 11 is 1.68. The highest BCUT2D eigenvalue weighted by Crippen LogP contribution is 2.33. The lowest BCUT2D eigenvalue weighted by molar-refractivity contribution is 0.452. The summed E-state index contributed by atoms with van der Waals surface area (Å²) < 4.78 is 0. The Morgan fingerprint density at radius 1 is 1.64 bits per heavy atom. The van der Waals surface area contributed by atoms with Crippen molar-refractivity contribution in [1.29, 1.82) is 0 Å². The molecule has 1 aliphatic carbocycles. The van der Waals surface area contributed by atoms with Crippen LogP contribution in [0.15, 0.2) is 10.9 Å². The Hall–Kier alpha value is -0.410. The van der Waals surface area contributed by atoms with Crippen LogP contribution in [-0.4, -0.2) is 17.6 Å². The van der Waals surface area contributed by atoms with Gasteiger partial charge in [-0.25, -0.2) is 4.98 Å². The van der Waals surface area contributed by atoms with Gasteiger partial charge in [0.25, 0.3) is 0 Å². The Morgan fingerprint density at radius 3 is 3.07 bits per heavy atom. The average molecular weight is 210 g/mol. The first-order valence-corrected chi connectivity index (χ1v) is 6.45. The Kier molecular flexibility index (Phi) is 3.54. The minimum Gasteiger partial charge on any atom is -0.313 e. The largest absolute Gasteiger partial charge is 0.313 e. The van der Waals surface area contributed by atoms with Gasteiger partial charge in [-0.3, -0.25) is 0 Å². The third-order valence-electron chi connectivity index (χ3n) is 2.90. The van der Waals surface area contributed by atoms with Gasteiger partial charge >= 0.3 is 0 Å². The lowest BCUT2D eigenvalue weighted by Gasteiger charge is -2.15. The van der Waals surface area contributed by atoms with Crippen molar-refractivity contribution in [3.05, 3.63) is 16.6 Å². The molecular formula is C11H18N2S. The van der Waals surface area contributed by atoms with E-state index in [-0.39, 0.29) is 0 Å². The zero-order valence-corrected chi connectivity index (χ0v) is 9.52. The second-order valence-corrected chi connectivity index (χ2v) is 4.75. The van der Waals surface area contributed by atoms with Gasteiger partial charge in [-0.1, -0.05) is 6.92 Å². The van der Waals surface area contributed by atoms with Gasteiger partial charge in [-0.05, 0) is 25.2 Å². The smallest absolute Gasteiger partial charge is 0.0794 e. The molecule has 1 aromatic heterocycles. The van der Waals surface area contributed by atoms with E-state index in [9.17, 15) is 0 Å². The van der Waals surface area contributed by atoms with Gasteiger partial charge in [0.2, 0.25) is 0 Å². The van der Waals surface area contributed by atoms with Gasteiger partial charge in [-0.15, -0.1) is 11.3 Å². The molecular weight excluding hydrogens is 192 g/mol. The van der Waals surface area contributed by atoms with E-state index in [1.807, 2.05) is 5.51 Å². The van der Waals surface area contributed by atoms with Crippen LogP contribution in [0.4, 0.5) is 0 Å². The Bertz CT molecular complexity index is 254. The van der Waals surface area contributed by atoms with E-state index in [2.05, 4.69) is 22.6 Å². The SMILES string of the molecule is CCC(NCCc1cscn1)C1CC1. The highest BCUT2D eigenvalue weighted by molar-refractivity contribution is 7.07. The van der Waals surface area contributed by atoms with Crippen LogP contribution in [-0.2, 0) is 6.42 Å². The van der Waals surface area contributed by atoms with Crippen LogP contribution in [0.3, 0.4) is 0 Å². The minimum atomic E-state index is 0.758. The van der Waals surface area contributed by atoms with Crippen LogP contribution >= 0.6 is 11.3 Å². The lowest BCUT2D eigenvalue weighted by atomic mass is 10.1. The molecule has 1 N–H and O–H groups in total. The molecule has 1 saturated carbocycles. The molecule has 78 valence electrons. The van der Waals surface area contributed by atoms with Crippen molar-refractivity contribution in [3.63, 3.8) is 0 Å². The summed E-state index contributed by atoms with van der Waals surface area (Å²) in [5.74, 6) is 0.968. The average Bonchev–Trinajstić information content (AvgIpc) is 2.91. The molecule has 0 amide bonds. The summed E-state index contributed by atoms with van der Waals surface area (Å²) in [6.45, 7) is 3.36. The minimum absolute atomic E-state index is 0.758. The predicted octanol–water partition coefficient (Wildman–Crippen LogP) is 2.46. The number of hydrogen-bond acceptors (Lipinski definition) is 3. The highest BCUT2D eigenvalue weighted by Gasteiger charge is 2.29.